The lowest BCUT2D eigenvalue weighted by Gasteiger charge is -2.33. The van der Waals surface area contributed by atoms with Gasteiger partial charge in [0.2, 0.25) is 5.91 Å². The van der Waals surface area contributed by atoms with Crippen LogP contribution in [0.3, 0.4) is 0 Å². The highest BCUT2D eigenvalue weighted by Gasteiger charge is 2.30. The molecule has 2 aliphatic heterocycles. The van der Waals surface area contributed by atoms with Crippen molar-refractivity contribution in [2.24, 2.45) is 5.92 Å². The van der Waals surface area contributed by atoms with E-state index in [1.807, 2.05) is 24.0 Å². The average molecular weight is 290 g/mol. The Balaban J connectivity index is 1.48. The van der Waals surface area contributed by atoms with Gasteiger partial charge in [0.1, 0.15) is 5.82 Å². The summed E-state index contributed by atoms with van der Waals surface area (Å²) >= 11 is 0. The number of aromatic nitrogens is 2. The minimum atomic E-state index is 0.0810. The van der Waals surface area contributed by atoms with Gasteiger partial charge in [-0.05, 0) is 38.3 Å². The van der Waals surface area contributed by atoms with Gasteiger partial charge in [-0.3, -0.25) is 4.79 Å². The van der Waals surface area contributed by atoms with E-state index in [9.17, 15) is 4.79 Å². The number of piperidine rings is 1. The molecule has 0 aromatic carbocycles. The van der Waals surface area contributed by atoms with Gasteiger partial charge in [-0.2, -0.15) is 5.10 Å². The van der Waals surface area contributed by atoms with Crippen molar-refractivity contribution in [3.63, 3.8) is 0 Å². The van der Waals surface area contributed by atoms with Gasteiger partial charge in [0.05, 0.1) is 18.2 Å². The van der Waals surface area contributed by atoms with Crippen molar-refractivity contribution in [3.05, 3.63) is 17.8 Å². The Bertz CT molecular complexity index is 477. The van der Waals surface area contributed by atoms with Gasteiger partial charge < -0.3 is 15.0 Å². The molecule has 2 saturated heterocycles. The van der Waals surface area contributed by atoms with Crippen LogP contribution in [-0.4, -0.2) is 53.3 Å². The summed E-state index contributed by atoms with van der Waals surface area (Å²) in [6.07, 6.45) is 2.78. The number of nitrogens with one attached hydrogen (secondary N) is 1. The van der Waals surface area contributed by atoms with Crippen molar-refractivity contribution in [1.29, 1.82) is 0 Å². The monoisotopic (exact) mass is 290 g/mol. The first-order valence-corrected chi connectivity index (χ1v) is 7.66. The van der Waals surface area contributed by atoms with Crippen LogP contribution in [0.15, 0.2) is 12.1 Å². The van der Waals surface area contributed by atoms with Crippen LogP contribution in [0.1, 0.15) is 25.0 Å². The van der Waals surface area contributed by atoms with E-state index < -0.39 is 0 Å². The molecule has 3 rings (SSSR count). The molecule has 2 fully saturated rings. The highest BCUT2D eigenvalue weighted by Crippen LogP contribution is 2.20. The van der Waals surface area contributed by atoms with E-state index in [4.69, 9.17) is 4.74 Å². The van der Waals surface area contributed by atoms with Crippen LogP contribution in [0, 0.1) is 12.8 Å². The molecule has 6 nitrogen and oxygen atoms in total. The molecule has 1 atom stereocenters. The third-order valence-corrected chi connectivity index (χ3v) is 4.24. The van der Waals surface area contributed by atoms with Gasteiger partial charge >= 0.3 is 0 Å². The first kappa shape index (κ1) is 14.3. The summed E-state index contributed by atoms with van der Waals surface area (Å²) in [6.45, 7) is 4.86. The van der Waals surface area contributed by atoms with Crippen LogP contribution in [0.4, 0.5) is 5.82 Å². The van der Waals surface area contributed by atoms with Gasteiger partial charge in [0, 0.05) is 25.7 Å². The molecule has 21 heavy (non-hydrogen) atoms. The van der Waals surface area contributed by atoms with E-state index in [2.05, 4.69) is 15.5 Å². The normalized spacial score (nSPS) is 23.3. The summed E-state index contributed by atoms with van der Waals surface area (Å²) in [6, 6.07) is 4.27. The molecule has 1 aromatic rings. The summed E-state index contributed by atoms with van der Waals surface area (Å²) in [4.78, 5) is 14.3. The number of likely N-dealkylation sites (tertiary alicyclic amines) is 1. The zero-order valence-corrected chi connectivity index (χ0v) is 12.4. The Morgan fingerprint density at radius 3 is 2.71 bits per heavy atom. The number of rotatable bonds is 3. The molecule has 1 unspecified atom stereocenters. The second-order valence-corrected chi connectivity index (χ2v) is 5.86. The van der Waals surface area contributed by atoms with E-state index in [0.29, 0.717) is 12.6 Å². The quantitative estimate of drug-likeness (QED) is 0.906. The Morgan fingerprint density at radius 1 is 1.29 bits per heavy atom. The number of hydrogen-bond donors (Lipinski definition) is 1. The minimum absolute atomic E-state index is 0.0810. The van der Waals surface area contributed by atoms with E-state index >= 15 is 0 Å². The summed E-state index contributed by atoms with van der Waals surface area (Å²) in [5, 5.41) is 11.6. The minimum Gasteiger partial charge on any atom is -0.381 e. The lowest BCUT2D eigenvalue weighted by Crippen LogP contribution is -2.45. The lowest BCUT2D eigenvalue weighted by molar-refractivity contribution is -0.136. The molecule has 0 radical (unpaired) electrons. The molecule has 2 aliphatic rings. The van der Waals surface area contributed by atoms with Gasteiger partial charge in [0.25, 0.3) is 0 Å². The number of aryl methyl sites for hydroxylation is 1. The van der Waals surface area contributed by atoms with Crippen LogP contribution in [-0.2, 0) is 9.53 Å². The van der Waals surface area contributed by atoms with Crippen LogP contribution in [0.5, 0.6) is 0 Å². The summed E-state index contributed by atoms with van der Waals surface area (Å²) in [5.41, 5.74) is 0.916. The van der Waals surface area contributed by atoms with Crippen LogP contribution < -0.4 is 5.32 Å². The first-order valence-electron chi connectivity index (χ1n) is 7.66. The van der Waals surface area contributed by atoms with Gasteiger partial charge in [-0.15, -0.1) is 5.10 Å². The Hall–Kier alpha value is -1.69. The lowest BCUT2D eigenvalue weighted by atomic mass is 10.0. The molecular weight excluding hydrogens is 268 g/mol. The Morgan fingerprint density at radius 2 is 2.10 bits per heavy atom. The maximum absolute atomic E-state index is 12.3. The van der Waals surface area contributed by atoms with Crippen molar-refractivity contribution < 1.29 is 9.53 Å². The fourth-order valence-corrected chi connectivity index (χ4v) is 2.92. The van der Waals surface area contributed by atoms with E-state index in [1.165, 1.54) is 0 Å². The van der Waals surface area contributed by atoms with Crippen molar-refractivity contribution in [1.82, 2.24) is 15.1 Å². The third-order valence-electron chi connectivity index (χ3n) is 4.24. The first-order chi connectivity index (χ1) is 10.2. The highest BCUT2D eigenvalue weighted by molar-refractivity contribution is 5.79. The molecule has 1 N–H and O–H groups in total. The number of ether oxygens (including phenoxy) is 1. The van der Waals surface area contributed by atoms with Crippen LogP contribution >= 0.6 is 0 Å². The van der Waals surface area contributed by atoms with Gasteiger partial charge in [-0.1, -0.05) is 0 Å². The standard InChI is InChI=1S/C15H22N4O2/c1-11-2-3-14(18-17-11)16-13-4-7-19(8-5-13)15(20)12-6-9-21-10-12/h2-3,12-13H,4-10H2,1H3,(H,16,18). The second-order valence-electron chi connectivity index (χ2n) is 5.86. The molecule has 1 amide bonds. The number of carbonyl (C=O) groups is 1. The maximum atomic E-state index is 12.3. The molecular formula is C15H22N4O2. The predicted octanol–water partition coefficient (Wildman–Crippen LogP) is 1.22. The number of anilines is 1. The SMILES string of the molecule is Cc1ccc(NC2CCN(C(=O)C3CCOC3)CC2)nn1. The van der Waals surface area contributed by atoms with Crippen molar-refractivity contribution in [3.8, 4) is 0 Å². The number of carbonyl (C=O) groups excluding carboxylic acids is 1. The fraction of sp³-hybridized carbons (Fsp3) is 0.667. The van der Waals surface area contributed by atoms with Crippen molar-refractivity contribution in [2.75, 3.05) is 31.6 Å². The third kappa shape index (κ3) is 3.50. The molecule has 3 heterocycles. The zero-order chi connectivity index (χ0) is 14.7. The number of amides is 1. The van der Waals surface area contributed by atoms with Crippen LogP contribution in [0.2, 0.25) is 0 Å². The smallest absolute Gasteiger partial charge is 0.228 e. The van der Waals surface area contributed by atoms with Crippen molar-refractivity contribution in [2.45, 2.75) is 32.2 Å². The summed E-state index contributed by atoms with van der Waals surface area (Å²) in [7, 11) is 0. The van der Waals surface area contributed by atoms with Gasteiger partial charge in [-0.25, -0.2) is 0 Å². The molecule has 114 valence electrons. The van der Waals surface area contributed by atoms with Gasteiger partial charge in [0.15, 0.2) is 0 Å². The molecule has 6 heteroatoms. The zero-order valence-electron chi connectivity index (χ0n) is 12.4. The van der Waals surface area contributed by atoms with E-state index in [0.717, 1.165) is 50.5 Å². The molecule has 0 bridgehead atoms. The van der Waals surface area contributed by atoms with Crippen molar-refractivity contribution >= 4 is 11.7 Å². The Kier molecular flexibility index (Phi) is 4.34. The molecule has 1 aromatic heterocycles. The number of hydrogen-bond acceptors (Lipinski definition) is 5. The highest BCUT2D eigenvalue weighted by atomic mass is 16.5. The fourth-order valence-electron chi connectivity index (χ4n) is 2.92. The molecule has 0 spiro atoms. The summed E-state index contributed by atoms with van der Waals surface area (Å²) in [5.74, 6) is 1.16. The summed E-state index contributed by atoms with van der Waals surface area (Å²) < 4.78 is 5.30. The predicted molar refractivity (Wildman–Crippen MR) is 78.9 cm³/mol. The van der Waals surface area contributed by atoms with E-state index in [-0.39, 0.29) is 11.8 Å². The Labute approximate surface area is 124 Å². The molecule has 0 aliphatic carbocycles. The van der Waals surface area contributed by atoms with E-state index in [1.54, 1.807) is 0 Å². The van der Waals surface area contributed by atoms with Crippen LogP contribution in [0.25, 0.3) is 0 Å². The maximum Gasteiger partial charge on any atom is 0.228 e. The topological polar surface area (TPSA) is 67.4 Å². The second kappa shape index (κ2) is 6.39. The number of nitrogens with zero attached hydrogens (tertiary/aromatic N) is 3. The molecule has 0 saturated carbocycles. The average Bonchev–Trinajstić information content (AvgIpc) is 3.04. The largest absolute Gasteiger partial charge is 0.381 e.